The number of carbonyl (C=O) groups excluding carboxylic acids is 3. The van der Waals surface area contributed by atoms with Gasteiger partial charge in [-0.15, -0.1) is 5.06 Å². The molecule has 48 heavy (non-hydrogen) atoms. The van der Waals surface area contributed by atoms with Crippen LogP contribution in [0.5, 0.6) is 5.75 Å². The zero-order chi connectivity index (χ0) is 33.4. The maximum absolute atomic E-state index is 13.2. The number of hydrogen-bond acceptors (Lipinski definition) is 6. The number of nitrogens with zero attached hydrogens (tertiary/aromatic N) is 1. The predicted octanol–water partition coefficient (Wildman–Crippen LogP) is 7.90. The number of hydrogen-bond donors (Lipinski definition) is 1. The first-order valence-electron chi connectivity index (χ1n) is 16.5. The molecule has 1 aliphatic heterocycles. The Labute approximate surface area is 279 Å². The second-order valence-corrected chi connectivity index (χ2v) is 12.7. The highest BCUT2D eigenvalue weighted by molar-refractivity contribution is 6.24. The summed E-state index contributed by atoms with van der Waals surface area (Å²) in [5.41, 5.74) is 2.90. The molecule has 0 radical (unpaired) electrons. The van der Waals surface area contributed by atoms with E-state index in [9.17, 15) is 19.5 Å². The van der Waals surface area contributed by atoms with E-state index in [4.69, 9.17) is 9.57 Å². The highest BCUT2D eigenvalue weighted by Gasteiger charge is 2.37. The molecule has 6 aromatic carbocycles. The Kier molecular flexibility index (Phi) is 8.31. The molecule has 1 fully saturated rings. The molecule has 6 aromatic rings. The summed E-state index contributed by atoms with van der Waals surface area (Å²) in [6, 6.07) is 33.0. The molecule has 7 nitrogen and oxygen atoms in total. The summed E-state index contributed by atoms with van der Waals surface area (Å²) in [5.74, 6) is -0.819. The van der Waals surface area contributed by atoms with Crippen LogP contribution in [-0.4, -0.2) is 35.1 Å². The van der Waals surface area contributed by atoms with Gasteiger partial charge in [-0.25, -0.2) is 4.79 Å². The van der Waals surface area contributed by atoms with Gasteiger partial charge in [0.2, 0.25) is 0 Å². The van der Waals surface area contributed by atoms with Crippen molar-refractivity contribution in [3.63, 3.8) is 0 Å². The average Bonchev–Trinajstić information content (AvgIpc) is 3.42. The monoisotopic (exact) mass is 639 g/mol. The Hall–Kier alpha value is -5.27. The summed E-state index contributed by atoms with van der Waals surface area (Å²) >= 11 is 0. The van der Waals surface area contributed by atoms with Crippen molar-refractivity contribution >= 4 is 50.1 Å². The second kappa shape index (κ2) is 12.7. The standard InChI is InChI=1S/C41H37NO6/c1-26-14-18-31(19-15-26)41(46,34-25-30-11-6-9-27-16-17-28-10-7-12-33(34)40(28)39(27)30)32-20-21-35(47-2)29(24-32)8-4-3-5-13-38(45)48-42-36(43)22-23-37(42)44/h6-7,9-12,14-21,24-25,46H,3-5,8,13,22-23H2,1-2H3. The lowest BCUT2D eigenvalue weighted by Crippen LogP contribution is -2.31. The van der Waals surface area contributed by atoms with Crippen molar-refractivity contribution in [3.05, 3.63) is 125 Å². The molecule has 1 heterocycles. The minimum Gasteiger partial charge on any atom is -0.496 e. The van der Waals surface area contributed by atoms with Gasteiger partial charge in [0.1, 0.15) is 11.4 Å². The maximum atomic E-state index is 13.2. The smallest absolute Gasteiger partial charge is 0.333 e. The number of rotatable bonds is 11. The van der Waals surface area contributed by atoms with Crippen molar-refractivity contribution in [2.24, 2.45) is 0 Å². The highest BCUT2D eigenvalue weighted by atomic mass is 16.7. The van der Waals surface area contributed by atoms with Gasteiger partial charge in [0.25, 0.3) is 11.8 Å². The van der Waals surface area contributed by atoms with E-state index >= 15 is 0 Å². The quantitative estimate of drug-likeness (QED) is 0.0671. The van der Waals surface area contributed by atoms with Crippen molar-refractivity contribution in [1.82, 2.24) is 5.06 Å². The fourth-order valence-electron chi connectivity index (χ4n) is 7.10. The Morgan fingerprint density at radius 1 is 0.771 bits per heavy atom. The van der Waals surface area contributed by atoms with Gasteiger partial charge in [-0.05, 0) is 93.4 Å². The third-order valence-corrected chi connectivity index (χ3v) is 9.59. The Bertz CT molecular complexity index is 2150. The highest BCUT2D eigenvalue weighted by Crippen LogP contribution is 2.45. The van der Waals surface area contributed by atoms with Crippen molar-refractivity contribution < 1.29 is 29.1 Å². The number of carbonyl (C=O) groups is 3. The lowest BCUT2D eigenvalue weighted by Gasteiger charge is -2.33. The Morgan fingerprint density at radius 2 is 1.44 bits per heavy atom. The molecule has 1 aliphatic rings. The van der Waals surface area contributed by atoms with Crippen LogP contribution in [0.25, 0.3) is 32.3 Å². The van der Waals surface area contributed by atoms with Gasteiger partial charge in [-0.1, -0.05) is 90.8 Å². The molecule has 2 amide bonds. The lowest BCUT2D eigenvalue weighted by molar-refractivity contribution is -0.197. The van der Waals surface area contributed by atoms with Gasteiger partial charge in [-0.2, -0.15) is 0 Å². The van der Waals surface area contributed by atoms with E-state index in [0.29, 0.717) is 17.9 Å². The molecule has 0 saturated carbocycles. The molecule has 1 atom stereocenters. The lowest BCUT2D eigenvalue weighted by atomic mass is 9.76. The van der Waals surface area contributed by atoms with Crippen molar-refractivity contribution in [2.45, 2.75) is 57.5 Å². The molecule has 7 heteroatoms. The van der Waals surface area contributed by atoms with Crippen LogP contribution in [0.3, 0.4) is 0 Å². The van der Waals surface area contributed by atoms with Crippen molar-refractivity contribution in [2.75, 3.05) is 7.11 Å². The minimum atomic E-state index is -1.48. The zero-order valence-corrected chi connectivity index (χ0v) is 27.1. The molecule has 1 N–H and O–H groups in total. The molecule has 1 unspecified atom stereocenters. The van der Waals surface area contributed by atoms with E-state index in [1.165, 1.54) is 10.8 Å². The molecule has 0 aliphatic carbocycles. The van der Waals surface area contributed by atoms with E-state index in [1.54, 1.807) is 7.11 Å². The summed E-state index contributed by atoms with van der Waals surface area (Å²) < 4.78 is 5.76. The summed E-state index contributed by atoms with van der Waals surface area (Å²) in [6.45, 7) is 2.04. The molecule has 0 aromatic heterocycles. The van der Waals surface area contributed by atoms with Gasteiger partial charge >= 0.3 is 5.97 Å². The first-order valence-corrected chi connectivity index (χ1v) is 16.5. The van der Waals surface area contributed by atoms with E-state index in [0.717, 1.165) is 68.0 Å². The number of unbranched alkanes of at least 4 members (excludes halogenated alkanes) is 2. The van der Waals surface area contributed by atoms with E-state index in [1.807, 2.05) is 49.4 Å². The summed E-state index contributed by atoms with van der Waals surface area (Å²) in [6.07, 6.45) is 2.94. The molecule has 7 rings (SSSR count). The third-order valence-electron chi connectivity index (χ3n) is 9.59. The molecule has 0 bridgehead atoms. The van der Waals surface area contributed by atoms with E-state index in [-0.39, 0.29) is 19.3 Å². The third kappa shape index (κ3) is 5.54. The van der Waals surface area contributed by atoms with E-state index in [2.05, 4.69) is 54.6 Å². The van der Waals surface area contributed by atoms with Gasteiger partial charge in [-0.3, -0.25) is 9.59 Å². The number of ether oxygens (including phenoxy) is 1. The van der Waals surface area contributed by atoms with Gasteiger partial charge in [0.05, 0.1) is 7.11 Å². The largest absolute Gasteiger partial charge is 0.496 e. The molecule has 1 saturated heterocycles. The Balaban J connectivity index is 1.22. The number of aliphatic hydroxyl groups is 1. The molecule has 0 spiro atoms. The summed E-state index contributed by atoms with van der Waals surface area (Å²) in [4.78, 5) is 40.8. The van der Waals surface area contributed by atoms with Crippen LogP contribution in [0, 0.1) is 6.92 Å². The van der Waals surface area contributed by atoms with Crippen LogP contribution >= 0.6 is 0 Å². The van der Waals surface area contributed by atoms with Crippen LogP contribution in [0.15, 0.2) is 97.1 Å². The molecule has 242 valence electrons. The fraction of sp³-hybridized carbons (Fsp3) is 0.244. The van der Waals surface area contributed by atoms with Crippen molar-refractivity contribution in [3.8, 4) is 5.75 Å². The number of amides is 2. The fourth-order valence-corrected chi connectivity index (χ4v) is 7.10. The summed E-state index contributed by atoms with van der Waals surface area (Å²) in [7, 11) is 1.64. The van der Waals surface area contributed by atoms with Gasteiger partial charge < -0.3 is 14.7 Å². The summed E-state index contributed by atoms with van der Waals surface area (Å²) in [5, 5.41) is 20.5. The zero-order valence-electron chi connectivity index (χ0n) is 27.1. The van der Waals surface area contributed by atoms with Crippen LogP contribution < -0.4 is 4.74 Å². The first-order chi connectivity index (χ1) is 23.3. The Morgan fingerprint density at radius 3 is 2.17 bits per heavy atom. The molecular weight excluding hydrogens is 602 g/mol. The van der Waals surface area contributed by atoms with Crippen LogP contribution in [-0.2, 0) is 31.2 Å². The number of aryl methyl sites for hydroxylation is 2. The van der Waals surface area contributed by atoms with E-state index < -0.39 is 23.4 Å². The number of benzene rings is 6. The average molecular weight is 640 g/mol. The second-order valence-electron chi connectivity index (χ2n) is 12.7. The SMILES string of the molecule is COc1ccc(C(O)(c2ccc(C)cc2)c2cc3cccc4ccc5cccc2c5c43)cc1CCCCCC(=O)ON1C(=O)CCC1=O. The van der Waals surface area contributed by atoms with Gasteiger partial charge in [0.15, 0.2) is 0 Å². The molecular formula is C41H37NO6. The normalized spacial score (nSPS) is 14.7. The number of methoxy groups -OCH3 is 1. The first kappa shape index (κ1) is 31.3. The minimum absolute atomic E-state index is 0.0719. The van der Waals surface area contributed by atoms with Crippen LogP contribution in [0.4, 0.5) is 0 Å². The predicted molar refractivity (Wildman–Crippen MR) is 186 cm³/mol. The van der Waals surface area contributed by atoms with Crippen molar-refractivity contribution in [1.29, 1.82) is 0 Å². The maximum Gasteiger partial charge on any atom is 0.333 e. The topological polar surface area (TPSA) is 93.1 Å². The number of hydroxylamine groups is 2. The van der Waals surface area contributed by atoms with Gasteiger partial charge in [0, 0.05) is 24.8 Å². The number of imide groups is 1. The van der Waals surface area contributed by atoms with Crippen LogP contribution in [0.1, 0.15) is 66.3 Å². The van der Waals surface area contributed by atoms with Crippen LogP contribution in [0.2, 0.25) is 0 Å².